The monoisotopic (exact) mass is 467 g/mol. The van der Waals surface area contributed by atoms with Crippen LogP contribution in [0.2, 0.25) is 0 Å². The Bertz CT molecular complexity index is 916. The Morgan fingerprint density at radius 3 is 2.22 bits per heavy atom. The Kier molecular flexibility index (Phi) is 6.50. The van der Waals surface area contributed by atoms with Crippen LogP contribution in [0.15, 0.2) is 57.9 Å². The number of sulfonamides is 1. The molecule has 0 radical (unpaired) electrons. The van der Waals surface area contributed by atoms with Gasteiger partial charge in [-0.05, 0) is 35.9 Å². The second-order valence-electron chi connectivity index (χ2n) is 5.12. The lowest BCUT2D eigenvalue weighted by Crippen LogP contribution is -2.34. The van der Waals surface area contributed by atoms with Gasteiger partial charge in [0.05, 0.1) is 12.0 Å². The minimum atomic E-state index is -4.89. The number of benzene rings is 2. The lowest BCUT2D eigenvalue weighted by molar-refractivity contribution is -0.274. The molecular weight excluding hydrogens is 455 g/mol. The third-order valence-corrected chi connectivity index (χ3v) is 5.45. The molecule has 0 spiro atoms. The largest absolute Gasteiger partial charge is 0.573 e. The maximum atomic E-state index is 12.5. The predicted molar refractivity (Wildman–Crippen MR) is 92.3 cm³/mol. The van der Waals surface area contributed by atoms with Crippen molar-refractivity contribution in [2.45, 2.75) is 17.3 Å². The van der Waals surface area contributed by atoms with E-state index in [9.17, 15) is 26.4 Å². The van der Waals surface area contributed by atoms with E-state index >= 15 is 0 Å². The van der Waals surface area contributed by atoms with Crippen molar-refractivity contribution in [2.75, 3.05) is 7.11 Å². The third-order valence-electron chi connectivity index (χ3n) is 3.29. The summed E-state index contributed by atoms with van der Waals surface area (Å²) in [7, 11) is -3.15. The van der Waals surface area contributed by atoms with Gasteiger partial charge in [0.25, 0.3) is 0 Å². The molecule has 146 valence electrons. The van der Waals surface area contributed by atoms with Crippen LogP contribution in [0.4, 0.5) is 13.2 Å². The van der Waals surface area contributed by atoms with Gasteiger partial charge in [-0.2, -0.15) is 4.72 Å². The molecule has 6 nitrogen and oxygen atoms in total. The van der Waals surface area contributed by atoms with E-state index in [1.165, 1.54) is 6.07 Å². The lowest BCUT2D eigenvalue weighted by atomic mass is 10.1. The van der Waals surface area contributed by atoms with E-state index in [2.05, 4.69) is 30.1 Å². The van der Waals surface area contributed by atoms with Crippen molar-refractivity contribution in [1.29, 1.82) is 0 Å². The highest BCUT2D eigenvalue weighted by atomic mass is 79.9. The molecule has 1 N–H and O–H groups in total. The summed E-state index contributed by atoms with van der Waals surface area (Å²) in [6.45, 7) is 0. The number of rotatable bonds is 6. The number of carbonyl (C=O) groups is 1. The summed E-state index contributed by atoms with van der Waals surface area (Å²) in [6.07, 6.45) is -4.89. The third kappa shape index (κ3) is 5.68. The summed E-state index contributed by atoms with van der Waals surface area (Å²) < 4.78 is 72.7. The zero-order chi connectivity index (χ0) is 20.2. The fourth-order valence-electron chi connectivity index (χ4n) is 2.11. The number of hydrogen-bond donors (Lipinski definition) is 1. The molecule has 0 amide bonds. The zero-order valence-electron chi connectivity index (χ0n) is 13.7. The average Bonchev–Trinajstić information content (AvgIpc) is 2.59. The molecule has 0 aliphatic heterocycles. The molecule has 0 heterocycles. The molecule has 0 saturated carbocycles. The van der Waals surface area contributed by atoms with Crippen LogP contribution in [0.5, 0.6) is 5.75 Å². The topological polar surface area (TPSA) is 81.7 Å². The van der Waals surface area contributed by atoms with Gasteiger partial charge in [0.15, 0.2) is 0 Å². The van der Waals surface area contributed by atoms with Gasteiger partial charge in [0, 0.05) is 4.47 Å². The Labute approximate surface area is 161 Å². The van der Waals surface area contributed by atoms with Gasteiger partial charge in [-0.3, -0.25) is 0 Å². The van der Waals surface area contributed by atoms with E-state index in [4.69, 9.17) is 0 Å². The summed E-state index contributed by atoms with van der Waals surface area (Å²) in [5, 5.41) is 0. The molecule has 0 fully saturated rings. The fraction of sp³-hybridized carbons (Fsp3) is 0.188. The van der Waals surface area contributed by atoms with E-state index in [-0.39, 0.29) is 4.90 Å². The highest BCUT2D eigenvalue weighted by Gasteiger charge is 2.32. The first-order valence-corrected chi connectivity index (χ1v) is 9.51. The first-order valence-electron chi connectivity index (χ1n) is 7.24. The minimum Gasteiger partial charge on any atom is -0.468 e. The van der Waals surface area contributed by atoms with Gasteiger partial charge in [-0.25, -0.2) is 13.2 Å². The SMILES string of the molecule is COC(=O)[C@@H](NS(=O)(=O)c1ccc(OC(F)(F)F)cc1)c1ccccc1Br. The molecule has 27 heavy (non-hydrogen) atoms. The average molecular weight is 468 g/mol. The lowest BCUT2D eigenvalue weighted by Gasteiger charge is -2.18. The molecule has 2 rings (SSSR count). The smallest absolute Gasteiger partial charge is 0.468 e. The first kappa shape index (κ1) is 21.2. The van der Waals surface area contributed by atoms with Crippen molar-refractivity contribution >= 4 is 31.9 Å². The standard InChI is InChI=1S/C16H13BrF3NO5S/c1-25-15(22)14(12-4-2-3-5-13(12)17)21-27(23,24)11-8-6-10(7-9-11)26-16(18,19)20/h2-9,14,21H,1H3/t14-/m0/s1. The van der Waals surface area contributed by atoms with Crippen molar-refractivity contribution in [3.63, 3.8) is 0 Å². The molecule has 0 bridgehead atoms. The number of esters is 1. The van der Waals surface area contributed by atoms with E-state index in [1.807, 2.05) is 0 Å². The molecule has 0 saturated heterocycles. The molecule has 2 aromatic carbocycles. The van der Waals surface area contributed by atoms with Crippen LogP contribution in [-0.4, -0.2) is 27.9 Å². The molecule has 0 aliphatic carbocycles. The van der Waals surface area contributed by atoms with Gasteiger partial charge in [-0.1, -0.05) is 34.1 Å². The van der Waals surface area contributed by atoms with Crippen molar-refractivity contribution in [3.8, 4) is 5.75 Å². The summed E-state index contributed by atoms with van der Waals surface area (Å²) >= 11 is 3.23. The number of carbonyl (C=O) groups excluding carboxylic acids is 1. The normalized spacial score (nSPS) is 13.1. The quantitative estimate of drug-likeness (QED) is 0.657. The van der Waals surface area contributed by atoms with Crippen LogP contribution in [0, 0.1) is 0 Å². The summed E-state index contributed by atoms with van der Waals surface area (Å²) in [4.78, 5) is 11.7. The molecule has 1 atom stereocenters. The molecule has 0 aliphatic rings. The van der Waals surface area contributed by atoms with Crippen LogP contribution < -0.4 is 9.46 Å². The molecule has 0 unspecified atom stereocenters. The second-order valence-corrected chi connectivity index (χ2v) is 7.69. The van der Waals surface area contributed by atoms with Crippen LogP contribution >= 0.6 is 15.9 Å². The van der Waals surface area contributed by atoms with Gasteiger partial charge in [-0.15, -0.1) is 13.2 Å². The van der Waals surface area contributed by atoms with E-state index in [0.717, 1.165) is 31.4 Å². The second kappa shape index (κ2) is 8.28. The van der Waals surface area contributed by atoms with Gasteiger partial charge < -0.3 is 9.47 Å². The predicted octanol–water partition coefficient (Wildman–Crippen LogP) is 3.54. The van der Waals surface area contributed by atoms with Gasteiger partial charge >= 0.3 is 12.3 Å². The Hall–Kier alpha value is -2.11. The Morgan fingerprint density at radius 2 is 1.70 bits per heavy atom. The number of nitrogens with one attached hydrogen (secondary N) is 1. The van der Waals surface area contributed by atoms with Crippen molar-refractivity contribution in [1.82, 2.24) is 4.72 Å². The van der Waals surface area contributed by atoms with E-state index < -0.39 is 34.1 Å². The Morgan fingerprint density at radius 1 is 1.11 bits per heavy atom. The number of methoxy groups -OCH3 is 1. The van der Waals surface area contributed by atoms with Crippen molar-refractivity contribution in [2.24, 2.45) is 0 Å². The van der Waals surface area contributed by atoms with Gasteiger partial charge in [0.2, 0.25) is 10.0 Å². The summed E-state index contributed by atoms with van der Waals surface area (Å²) in [5.74, 6) is -1.43. The molecule has 0 aromatic heterocycles. The Balaban J connectivity index is 2.31. The number of halogens is 4. The van der Waals surface area contributed by atoms with Crippen molar-refractivity contribution < 1.29 is 35.9 Å². The molecule has 2 aromatic rings. The first-order chi connectivity index (χ1) is 12.5. The van der Waals surface area contributed by atoms with E-state index in [1.54, 1.807) is 18.2 Å². The van der Waals surface area contributed by atoms with Crippen LogP contribution in [-0.2, 0) is 19.6 Å². The maximum Gasteiger partial charge on any atom is 0.573 e. The number of alkyl halides is 3. The highest BCUT2D eigenvalue weighted by molar-refractivity contribution is 9.10. The molecule has 11 heteroatoms. The van der Waals surface area contributed by atoms with Crippen molar-refractivity contribution in [3.05, 3.63) is 58.6 Å². The highest BCUT2D eigenvalue weighted by Crippen LogP contribution is 2.27. The number of hydrogen-bond acceptors (Lipinski definition) is 5. The maximum absolute atomic E-state index is 12.5. The van der Waals surface area contributed by atoms with Gasteiger partial charge in [0.1, 0.15) is 11.8 Å². The zero-order valence-corrected chi connectivity index (χ0v) is 16.1. The minimum absolute atomic E-state index is 0.310. The number of ether oxygens (including phenoxy) is 2. The van der Waals surface area contributed by atoms with Crippen LogP contribution in [0.25, 0.3) is 0 Å². The van der Waals surface area contributed by atoms with Crippen LogP contribution in [0.1, 0.15) is 11.6 Å². The fourth-order valence-corrected chi connectivity index (χ4v) is 3.79. The van der Waals surface area contributed by atoms with E-state index in [0.29, 0.717) is 10.0 Å². The summed E-state index contributed by atoms with van der Waals surface area (Å²) in [5.41, 5.74) is 0.310. The van der Waals surface area contributed by atoms with Crippen LogP contribution in [0.3, 0.4) is 0 Å². The summed E-state index contributed by atoms with van der Waals surface area (Å²) in [6, 6.07) is 8.62. The molecular formula is C16H13BrF3NO5S.